The molecule has 1 heterocycles. The number of ether oxygens (including phenoxy) is 2. The molecule has 118 valence electrons. The van der Waals surface area contributed by atoms with Crippen LogP contribution in [0.5, 0.6) is 5.75 Å². The Bertz CT molecular complexity index is 521. The normalized spacial score (nSPS) is 17.5. The lowest BCUT2D eigenvalue weighted by molar-refractivity contribution is 0.0710. The van der Waals surface area contributed by atoms with Gasteiger partial charge in [0, 0.05) is 17.1 Å². The van der Waals surface area contributed by atoms with Crippen LogP contribution in [0.2, 0.25) is 0 Å². The monoisotopic (exact) mass is 376 g/mol. The summed E-state index contributed by atoms with van der Waals surface area (Å²) in [5.41, 5.74) is 7.68. The van der Waals surface area contributed by atoms with Crippen LogP contribution >= 0.6 is 28.3 Å². The van der Waals surface area contributed by atoms with Gasteiger partial charge < -0.3 is 15.2 Å². The quantitative estimate of drug-likeness (QED) is 0.644. The number of morpholine rings is 1. The molecule has 1 saturated heterocycles. The molecule has 1 aliphatic heterocycles. The second kappa shape index (κ2) is 7.92. The molecule has 0 atom stereocenters. The fourth-order valence-corrected chi connectivity index (χ4v) is 2.64. The summed E-state index contributed by atoms with van der Waals surface area (Å²) in [7, 11) is 0. The summed E-state index contributed by atoms with van der Waals surface area (Å²) in [4.78, 5) is 2.34. The van der Waals surface area contributed by atoms with Crippen molar-refractivity contribution < 1.29 is 9.47 Å². The van der Waals surface area contributed by atoms with Gasteiger partial charge >= 0.3 is 0 Å². The fraction of sp³-hybridized carbons (Fsp3) is 0.467. The fourth-order valence-electron chi connectivity index (χ4n) is 2.08. The predicted molar refractivity (Wildman–Crippen MR) is 91.9 cm³/mol. The molecule has 0 amide bonds. The SMILES string of the molecule is Cc1cc(Br)c(N)c(OC=C2CN(C(C)C)CCO2)c1.Cl. The molecule has 0 radical (unpaired) electrons. The van der Waals surface area contributed by atoms with E-state index in [1.54, 1.807) is 6.26 Å². The van der Waals surface area contributed by atoms with Crippen LogP contribution < -0.4 is 10.5 Å². The van der Waals surface area contributed by atoms with E-state index < -0.39 is 0 Å². The molecule has 1 aromatic rings. The minimum Gasteiger partial charge on any atom is -0.492 e. The van der Waals surface area contributed by atoms with E-state index in [2.05, 4.69) is 34.7 Å². The Labute approximate surface area is 140 Å². The van der Waals surface area contributed by atoms with Crippen LogP contribution in [-0.2, 0) is 4.74 Å². The molecule has 1 aromatic carbocycles. The largest absolute Gasteiger partial charge is 0.492 e. The van der Waals surface area contributed by atoms with Crippen LogP contribution in [0.3, 0.4) is 0 Å². The highest BCUT2D eigenvalue weighted by Gasteiger charge is 2.18. The van der Waals surface area contributed by atoms with Gasteiger partial charge in [-0.3, -0.25) is 4.90 Å². The minimum absolute atomic E-state index is 0. The summed E-state index contributed by atoms with van der Waals surface area (Å²) in [6, 6.07) is 4.38. The number of nitrogens with two attached hydrogens (primary N) is 1. The first kappa shape index (κ1) is 18.1. The molecule has 1 aliphatic rings. The Kier molecular flexibility index (Phi) is 6.84. The Hall–Kier alpha value is -0.910. The number of halogens is 2. The second-order valence-corrected chi connectivity index (χ2v) is 6.13. The molecular weight excluding hydrogens is 356 g/mol. The Morgan fingerprint density at radius 3 is 2.81 bits per heavy atom. The summed E-state index contributed by atoms with van der Waals surface area (Å²) < 4.78 is 12.2. The van der Waals surface area contributed by atoms with Crippen molar-refractivity contribution in [2.24, 2.45) is 0 Å². The van der Waals surface area contributed by atoms with E-state index in [4.69, 9.17) is 15.2 Å². The molecule has 2 rings (SSSR count). The number of nitrogen functional groups attached to an aromatic ring is 1. The van der Waals surface area contributed by atoms with Crippen LogP contribution in [0.4, 0.5) is 5.69 Å². The van der Waals surface area contributed by atoms with Crippen LogP contribution in [0, 0.1) is 6.92 Å². The van der Waals surface area contributed by atoms with Crippen molar-refractivity contribution in [1.29, 1.82) is 0 Å². The topological polar surface area (TPSA) is 47.7 Å². The summed E-state index contributed by atoms with van der Waals surface area (Å²) >= 11 is 3.43. The van der Waals surface area contributed by atoms with Gasteiger partial charge in [-0.15, -0.1) is 12.4 Å². The standard InChI is InChI=1S/C15H21BrN2O2.ClH/c1-10(2)18-4-5-19-12(8-18)9-20-14-7-11(3)6-13(16)15(14)17;/h6-7,9-10H,4-5,8,17H2,1-3H3;1H. The lowest BCUT2D eigenvalue weighted by atomic mass is 10.2. The van der Waals surface area contributed by atoms with Crippen molar-refractivity contribution in [2.75, 3.05) is 25.4 Å². The predicted octanol–water partition coefficient (Wildman–Crippen LogP) is 3.72. The lowest BCUT2D eigenvalue weighted by Gasteiger charge is -2.31. The van der Waals surface area contributed by atoms with E-state index in [-0.39, 0.29) is 12.4 Å². The summed E-state index contributed by atoms with van der Waals surface area (Å²) in [5, 5.41) is 0. The maximum atomic E-state index is 5.99. The van der Waals surface area contributed by atoms with Gasteiger partial charge in [0.25, 0.3) is 0 Å². The zero-order valence-corrected chi connectivity index (χ0v) is 15.0. The number of benzene rings is 1. The summed E-state index contributed by atoms with van der Waals surface area (Å²) in [6.45, 7) is 8.78. The van der Waals surface area contributed by atoms with E-state index in [1.807, 2.05) is 19.1 Å². The molecule has 4 nitrogen and oxygen atoms in total. The van der Waals surface area contributed by atoms with Crippen LogP contribution in [0.25, 0.3) is 0 Å². The number of hydrogen-bond acceptors (Lipinski definition) is 4. The number of rotatable bonds is 3. The first-order chi connectivity index (χ1) is 9.47. The molecule has 0 unspecified atom stereocenters. The van der Waals surface area contributed by atoms with Crippen molar-refractivity contribution in [1.82, 2.24) is 4.90 Å². The Morgan fingerprint density at radius 1 is 1.43 bits per heavy atom. The van der Waals surface area contributed by atoms with Gasteiger partial charge in [-0.1, -0.05) is 0 Å². The summed E-state index contributed by atoms with van der Waals surface area (Å²) in [6.07, 6.45) is 1.66. The maximum Gasteiger partial charge on any atom is 0.151 e. The molecule has 0 bridgehead atoms. The minimum atomic E-state index is 0. The van der Waals surface area contributed by atoms with Crippen molar-refractivity contribution in [2.45, 2.75) is 26.8 Å². The third-order valence-corrected chi connectivity index (χ3v) is 3.96. The van der Waals surface area contributed by atoms with Gasteiger partial charge in [-0.25, -0.2) is 0 Å². The summed E-state index contributed by atoms with van der Waals surface area (Å²) in [5.74, 6) is 1.48. The van der Waals surface area contributed by atoms with E-state index >= 15 is 0 Å². The maximum absolute atomic E-state index is 5.99. The number of anilines is 1. The molecular formula is C15H22BrClN2O2. The Balaban J connectivity index is 0.00000220. The highest BCUT2D eigenvalue weighted by atomic mass is 79.9. The number of hydrogen-bond donors (Lipinski definition) is 1. The van der Waals surface area contributed by atoms with E-state index in [1.165, 1.54) is 0 Å². The van der Waals surface area contributed by atoms with Gasteiger partial charge in [0.05, 0.1) is 12.2 Å². The second-order valence-electron chi connectivity index (χ2n) is 5.27. The van der Waals surface area contributed by atoms with Crippen LogP contribution in [-0.4, -0.2) is 30.6 Å². The van der Waals surface area contributed by atoms with Crippen molar-refractivity contribution in [3.8, 4) is 5.75 Å². The number of nitrogens with zero attached hydrogens (tertiary/aromatic N) is 1. The van der Waals surface area contributed by atoms with Crippen LogP contribution in [0.1, 0.15) is 19.4 Å². The molecule has 0 aliphatic carbocycles. The zero-order chi connectivity index (χ0) is 14.7. The van der Waals surface area contributed by atoms with Gasteiger partial charge in [0.15, 0.2) is 5.75 Å². The van der Waals surface area contributed by atoms with Gasteiger partial charge in [0.2, 0.25) is 0 Å². The highest BCUT2D eigenvalue weighted by Crippen LogP contribution is 2.31. The molecule has 1 fully saturated rings. The average Bonchev–Trinajstić information content (AvgIpc) is 2.41. The zero-order valence-electron chi connectivity index (χ0n) is 12.6. The van der Waals surface area contributed by atoms with E-state index in [0.29, 0.717) is 24.1 Å². The third kappa shape index (κ3) is 4.80. The third-order valence-electron chi connectivity index (χ3n) is 3.31. The van der Waals surface area contributed by atoms with Gasteiger partial charge in [0.1, 0.15) is 18.6 Å². The highest BCUT2D eigenvalue weighted by molar-refractivity contribution is 9.10. The molecule has 6 heteroatoms. The molecule has 0 saturated carbocycles. The van der Waals surface area contributed by atoms with E-state index in [0.717, 1.165) is 28.9 Å². The first-order valence-corrected chi connectivity index (χ1v) is 7.55. The number of aryl methyl sites for hydroxylation is 1. The molecule has 2 N–H and O–H groups in total. The van der Waals surface area contributed by atoms with Gasteiger partial charge in [-0.05, 0) is 54.4 Å². The van der Waals surface area contributed by atoms with Crippen molar-refractivity contribution in [3.05, 3.63) is 34.2 Å². The lowest BCUT2D eigenvalue weighted by Crippen LogP contribution is -2.39. The van der Waals surface area contributed by atoms with E-state index in [9.17, 15) is 0 Å². The molecule has 0 spiro atoms. The average molecular weight is 378 g/mol. The van der Waals surface area contributed by atoms with Crippen molar-refractivity contribution in [3.63, 3.8) is 0 Å². The Morgan fingerprint density at radius 2 is 2.14 bits per heavy atom. The van der Waals surface area contributed by atoms with Crippen molar-refractivity contribution >= 4 is 34.0 Å². The van der Waals surface area contributed by atoms with Gasteiger partial charge in [-0.2, -0.15) is 0 Å². The smallest absolute Gasteiger partial charge is 0.151 e. The molecule has 21 heavy (non-hydrogen) atoms. The first-order valence-electron chi connectivity index (χ1n) is 6.75. The molecule has 0 aromatic heterocycles. The van der Waals surface area contributed by atoms with Crippen LogP contribution in [0.15, 0.2) is 28.6 Å².